The van der Waals surface area contributed by atoms with Gasteiger partial charge < -0.3 is 28.4 Å². The fourth-order valence-corrected chi connectivity index (χ4v) is 12.0. The van der Waals surface area contributed by atoms with Crippen LogP contribution in [0, 0.1) is 16.7 Å². The Morgan fingerprint density at radius 1 is 0.387 bits per heavy atom. The molecule has 10 heteroatoms. The van der Waals surface area contributed by atoms with Crippen LogP contribution in [0.15, 0.2) is 231 Å². The lowest BCUT2D eigenvalue weighted by Crippen LogP contribution is -2.52. The molecule has 0 spiro atoms. The zero-order valence-electron chi connectivity index (χ0n) is 56.3. The smallest absolute Gasteiger partial charge is 0.355 e. The molecule has 0 saturated carbocycles. The topological polar surface area (TPSA) is 130 Å². The van der Waals surface area contributed by atoms with Crippen LogP contribution in [0.4, 0.5) is 0 Å². The highest BCUT2D eigenvalue weighted by molar-refractivity contribution is 5.82. The zero-order valence-corrected chi connectivity index (χ0v) is 56.3. The Hall–Kier alpha value is -9.72. The standard InChI is InChI=1S/C83H87NO9/c1-15-55-81(12,76(87)91-71-47-35-62(36-48-71)78(6,7)60-25-21-18-22-26-60)92-72-53-41-67(42-54-72)83(14,65-29-27-58(56-84)28-30-65)66-39-49-70(50-40-66)90-75(86)80(10,11)82(13,16-2)93-73-51-37-64(38-52-73)79(8,9)63-33-45-69(46-34-63)89-74(85)57(3)88-68-43-31-61(32-44-68)77(4,5)59-23-19-17-20-24-59/h17-54,57H,15-16,55H2,1-14H3. The molecule has 93 heavy (non-hydrogen) atoms. The van der Waals surface area contributed by atoms with Crippen LogP contribution in [0.25, 0.3) is 0 Å². The number of nitrogens with zero attached hydrogens (tertiary/aromatic N) is 1. The van der Waals surface area contributed by atoms with Gasteiger partial charge in [0.25, 0.3) is 0 Å². The van der Waals surface area contributed by atoms with Crippen molar-refractivity contribution in [3.05, 3.63) is 286 Å². The van der Waals surface area contributed by atoms with Crippen LogP contribution in [0.3, 0.4) is 0 Å². The second-order valence-electron chi connectivity index (χ2n) is 26.9. The van der Waals surface area contributed by atoms with E-state index in [4.69, 9.17) is 28.4 Å². The van der Waals surface area contributed by atoms with Crippen LogP contribution in [0.5, 0.6) is 34.5 Å². The molecule has 9 aromatic carbocycles. The van der Waals surface area contributed by atoms with Crippen LogP contribution in [0.1, 0.15) is 172 Å². The van der Waals surface area contributed by atoms with E-state index in [1.807, 2.05) is 204 Å². The van der Waals surface area contributed by atoms with E-state index in [1.54, 1.807) is 50.2 Å². The largest absolute Gasteiger partial charge is 0.486 e. The normalized spacial score (nSPS) is 14.2. The Balaban J connectivity index is 0.828. The number of hydrogen-bond donors (Lipinski definition) is 0. The van der Waals surface area contributed by atoms with Crippen LogP contribution < -0.4 is 28.4 Å². The SMILES string of the molecule is CCCC(C)(Oc1ccc(C(C)(c2ccc(C#N)cc2)c2ccc(OC(=O)C(C)(C)C(C)(CC)Oc3ccc(C(C)(C)c4ccc(OC(=O)C(C)Oc5ccc(C(C)(C)c6ccccc6)cc5)cc4)cc3)cc2)cc1)C(=O)Oc1ccc(C(C)(C)c2ccccc2)cc1. The molecule has 9 rings (SSSR count). The van der Waals surface area contributed by atoms with Gasteiger partial charge >= 0.3 is 17.9 Å². The van der Waals surface area contributed by atoms with Gasteiger partial charge in [-0.05, 0) is 189 Å². The highest BCUT2D eigenvalue weighted by Crippen LogP contribution is 2.44. The molecule has 9 aromatic rings. The molecule has 0 heterocycles. The zero-order chi connectivity index (χ0) is 67.0. The maximum atomic E-state index is 14.4. The Labute approximate surface area is 550 Å². The average Bonchev–Trinajstić information content (AvgIpc) is 0.777. The van der Waals surface area contributed by atoms with Gasteiger partial charge in [-0.2, -0.15) is 5.26 Å². The van der Waals surface area contributed by atoms with Crippen molar-refractivity contribution in [3.63, 3.8) is 0 Å². The van der Waals surface area contributed by atoms with Gasteiger partial charge in [0.1, 0.15) is 45.5 Å². The first-order valence-corrected chi connectivity index (χ1v) is 32.1. The minimum atomic E-state index is -1.28. The predicted octanol–water partition coefficient (Wildman–Crippen LogP) is 19.0. The molecule has 10 nitrogen and oxygen atoms in total. The molecule has 4 atom stereocenters. The van der Waals surface area contributed by atoms with E-state index in [1.165, 1.54) is 11.1 Å². The van der Waals surface area contributed by atoms with Crippen molar-refractivity contribution in [2.75, 3.05) is 0 Å². The highest BCUT2D eigenvalue weighted by Gasteiger charge is 2.49. The number of carbonyl (C=O) groups excluding carboxylic acids is 3. The van der Waals surface area contributed by atoms with Crippen molar-refractivity contribution < 1.29 is 42.8 Å². The number of esters is 3. The predicted molar refractivity (Wildman–Crippen MR) is 369 cm³/mol. The van der Waals surface area contributed by atoms with Gasteiger partial charge in [0, 0.05) is 21.7 Å². The van der Waals surface area contributed by atoms with Gasteiger partial charge in [0.15, 0.2) is 6.10 Å². The van der Waals surface area contributed by atoms with Crippen LogP contribution >= 0.6 is 0 Å². The first-order chi connectivity index (χ1) is 44.2. The van der Waals surface area contributed by atoms with Crippen LogP contribution in [0.2, 0.25) is 0 Å². The number of ether oxygens (including phenoxy) is 6. The number of rotatable bonds is 25. The maximum absolute atomic E-state index is 14.4. The third-order valence-electron chi connectivity index (χ3n) is 19.4. The van der Waals surface area contributed by atoms with Gasteiger partial charge in [-0.1, -0.05) is 207 Å². The summed E-state index contributed by atoms with van der Waals surface area (Å²) in [7, 11) is 0. The summed E-state index contributed by atoms with van der Waals surface area (Å²) in [5, 5.41) is 9.73. The number of nitriles is 1. The molecule has 0 aliphatic rings. The fraction of sp³-hybridized carbons (Fsp3) is 0.301. The summed E-state index contributed by atoms with van der Waals surface area (Å²) in [6.07, 6.45) is 0.771. The molecular weight excluding hydrogens is 1150 g/mol. The van der Waals surface area contributed by atoms with E-state index in [0.717, 1.165) is 38.9 Å². The summed E-state index contributed by atoms with van der Waals surface area (Å²) >= 11 is 0. The molecule has 0 aliphatic heterocycles. The lowest BCUT2D eigenvalue weighted by Gasteiger charge is -2.41. The van der Waals surface area contributed by atoms with Crippen molar-refractivity contribution in [1.82, 2.24) is 0 Å². The van der Waals surface area contributed by atoms with E-state index in [9.17, 15) is 19.6 Å². The Kier molecular flexibility index (Phi) is 20.1. The summed E-state index contributed by atoms with van der Waals surface area (Å²) in [6, 6.07) is 76.6. The third kappa shape index (κ3) is 14.6. The molecule has 0 amide bonds. The van der Waals surface area contributed by atoms with Gasteiger partial charge in [-0.15, -0.1) is 0 Å². The van der Waals surface area contributed by atoms with E-state index in [0.29, 0.717) is 59.3 Å². The molecule has 478 valence electrons. The lowest BCUT2D eigenvalue weighted by atomic mass is 9.71. The Morgan fingerprint density at radius 2 is 0.710 bits per heavy atom. The minimum Gasteiger partial charge on any atom is -0.486 e. The number of carbonyl (C=O) groups is 3. The Morgan fingerprint density at radius 3 is 1.09 bits per heavy atom. The van der Waals surface area contributed by atoms with Crippen molar-refractivity contribution in [2.24, 2.45) is 5.41 Å². The molecule has 0 aliphatic carbocycles. The van der Waals surface area contributed by atoms with Crippen LogP contribution in [-0.2, 0) is 36.0 Å². The molecule has 4 unspecified atom stereocenters. The van der Waals surface area contributed by atoms with Gasteiger partial charge in [-0.3, -0.25) is 4.79 Å². The van der Waals surface area contributed by atoms with E-state index in [-0.39, 0.29) is 10.8 Å². The molecular formula is C83H87NO9. The van der Waals surface area contributed by atoms with E-state index < -0.39 is 51.5 Å². The maximum Gasteiger partial charge on any atom is 0.355 e. The minimum absolute atomic E-state index is 0.198. The molecule has 0 N–H and O–H groups in total. The van der Waals surface area contributed by atoms with Crippen molar-refractivity contribution in [1.29, 1.82) is 5.26 Å². The van der Waals surface area contributed by atoms with Gasteiger partial charge in [0.05, 0.1) is 11.6 Å². The summed E-state index contributed by atoms with van der Waals surface area (Å²) in [5.74, 6) is 1.48. The third-order valence-corrected chi connectivity index (χ3v) is 19.4. The second-order valence-corrected chi connectivity index (χ2v) is 26.9. The highest BCUT2D eigenvalue weighted by atomic mass is 16.6. The van der Waals surface area contributed by atoms with Crippen molar-refractivity contribution in [2.45, 2.75) is 155 Å². The lowest BCUT2D eigenvalue weighted by molar-refractivity contribution is -0.157. The molecule has 0 radical (unpaired) electrons. The summed E-state index contributed by atoms with van der Waals surface area (Å²) in [6.45, 7) is 28.2. The Bertz CT molecular complexity index is 4040. The summed E-state index contributed by atoms with van der Waals surface area (Å²) < 4.78 is 37.3. The summed E-state index contributed by atoms with van der Waals surface area (Å²) in [4.78, 5) is 41.7. The van der Waals surface area contributed by atoms with Gasteiger partial charge in [-0.25, -0.2) is 9.59 Å². The first kappa shape index (κ1) is 67.7. The molecule has 0 saturated heterocycles. The van der Waals surface area contributed by atoms with Crippen molar-refractivity contribution in [3.8, 4) is 40.6 Å². The van der Waals surface area contributed by atoms with Gasteiger partial charge in [0.2, 0.25) is 5.60 Å². The van der Waals surface area contributed by atoms with Crippen LogP contribution in [-0.4, -0.2) is 35.2 Å². The van der Waals surface area contributed by atoms with E-state index >= 15 is 0 Å². The molecule has 0 bridgehead atoms. The summed E-state index contributed by atoms with van der Waals surface area (Å²) in [5.41, 5.74) is 4.96. The molecule has 0 fully saturated rings. The van der Waals surface area contributed by atoms with E-state index in [2.05, 4.69) is 78.8 Å². The molecule has 0 aromatic heterocycles. The quantitative estimate of drug-likeness (QED) is 0.0310. The monoisotopic (exact) mass is 1240 g/mol. The fourth-order valence-electron chi connectivity index (χ4n) is 12.0. The number of hydrogen-bond acceptors (Lipinski definition) is 10. The number of benzene rings is 9. The first-order valence-electron chi connectivity index (χ1n) is 32.1. The second kappa shape index (κ2) is 27.6. The average molecular weight is 1240 g/mol. The van der Waals surface area contributed by atoms with Crippen molar-refractivity contribution >= 4 is 17.9 Å².